The zero-order chi connectivity index (χ0) is 22.3. The highest BCUT2D eigenvalue weighted by Gasteiger charge is 2.17. The molecule has 0 saturated heterocycles. The number of fused-ring (bicyclic) bond motifs is 1. The monoisotopic (exact) mass is 415 g/mol. The fourth-order valence-electron chi connectivity index (χ4n) is 3.83. The van der Waals surface area contributed by atoms with Crippen LogP contribution in [0, 0.1) is 34.6 Å². The molecule has 7 nitrogen and oxygen atoms in total. The maximum Gasteiger partial charge on any atom is 0.293 e. The molecule has 0 aliphatic rings. The molecule has 0 spiro atoms. The Bertz CT molecular complexity index is 1380. The largest absolute Gasteiger partial charge is 0.324 e. The number of amides is 1. The van der Waals surface area contributed by atoms with Crippen LogP contribution in [-0.2, 0) is 11.3 Å². The number of nitrogens with zero attached hydrogens (tertiary/aromatic N) is 4. The molecule has 0 saturated carbocycles. The third kappa shape index (κ3) is 3.86. The van der Waals surface area contributed by atoms with E-state index in [-0.39, 0.29) is 18.0 Å². The summed E-state index contributed by atoms with van der Waals surface area (Å²) >= 11 is 0. The number of aryl methyl sites for hydroxylation is 5. The molecule has 0 aliphatic heterocycles. The summed E-state index contributed by atoms with van der Waals surface area (Å²) in [4.78, 5) is 25.9. The normalized spacial score (nSPS) is 11.1. The lowest BCUT2D eigenvalue weighted by Crippen LogP contribution is -2.31. The summed E-state index contributed by atoms with van der Waals surface area (Å²) in [6.45, 7) is 9.58. The third-order valence-electron chi connectivity index (χ3n) is 5.40. The Morgan fingerprint density at radius 3 is 2.32 bits per heavy atom. The summed E-state index contributed by atoms with van der Waals surface area (Å²) in [7, 11) is 0. The van der Waals surface area contributed by atoms with Gasteiger partial charge >= 0.3 is 0 Å². The van der Waals surface area contributed by atoms with Gasteiger partial charge in [0.25, 0.3) is 5.56 Å². The van der Waals surface area contributed by atoms with E-state index in [9.17, 15) is 9.59 Å². The Morgan fingerprint density at radius 2 is 1.65 bits per heavy atom. The van der Waals surface area contributed by atoms with E-state index in [1.54, 1.807) is 10.9 Å². The molecule has 0 bridgehead atoms. The predicted octanol–water partition coefficient (Wildman–Crippen LogP) is 3.76. The van der Waals surface area contributed by atoms with Crippen LogP contribution in [0.2, 0.25) is 0 Å². The van der Waals surface area contributed by atoms with Gasteiger partial charge in [-0.15, -0.1) is 0 Å². The van der Waals surface area contributed by atoms with Gasteiger partial charge in [-0.1, -0.05) is 35.4 Å². The Balaban J connectivity index is 1.73. The molecule has 0 aliphatic carbocycles. The van der Waals surface area contributed by atoms with Crippen molar-refractivity contribution in [3.8, 4) is 5.69 Å². The van der Waals surface area contributed by atoms with Gasteiger partial charge in [0.15, 0.2) is 0 Å². The minimum absolute atomic E-state index is 0.180. The van der Waals surface area contributed by atoms with Crippen molar-refractivity contribution in [1.29, 1.82) is 0 Å². The molecule has 158 valence electrons. The molecule has 4 rings (SSSR count). The van der Waals surface area contributed by atoms with Gasteiger partial charge in [0.2, 0.25) is 5.91 Å². The van der Waals surface area contributed by atoms with Crippen LogP contribution < -0.4 is 10.9 Å². The van der Waals surface area contributed by atoms with Crippen LogP contribution in [0.3, 0.4) is 0 Å². The highest BCUT2D eigenvalue weighted by molar-refractivity contribution is 5.91. The van der Waals surface area contributed by atoms with Crippen LogP contribution in [0.25, 0.3) is 16.6 Å². The number of carbonyl (C=O) groups excluding carboxylic acids is 1. The molecular formula is C24H25N5O2. The Hall–Kier alpha value is -3.74. The van der Waals surface area contributed by atoms with Crippen molar-refractivity contribution in [2.75, 3.05) is 5.32 Å². The van der Waals surface area contributed by atoms with Gasteiger partial charge in [0, 0.05) is 11.1 Å². The lowest BCUT2D eigenvalue weighted by atomic mass is 10.1. The molecule has 0 radical (unpaired) electrons. The first-order chi connectivity index (χ1) is 14.7. The van der Waals surface area contributed by atoms with Crippen molar-refractivity contribution in [3.63, 3.8) is 0 Å². The average Bonchev–Trinajstić information content (AvgIpc) is 3.14. The number of hydrogen-bond donors (Lipinski definition) is 1. The van der Waals surface area contributed by atoms with E-state index in [2.05, 4.69) is 15.5 Å². The molecule has 31 heavy (non-hydrogen) atoms. The van der Waals surface area contributed by atoms with Crippen molar-refractivity contribution in [1.82, 2.24) is 19.6 Å². The maximum absolute atomic E-state index is 13.3. The molecule has 4 aromatic rings. The highest BCUT2D eigenvalue weighted by Crippen LogP contribution is 2.21. The van der Waals surface area contributed by atoms with Crippen LogP contribution in [0.4, 0.5) is 5.69 Å². The summed E-state index contributed by atoms with van der Waals surface area (Å²) in [5.74, 6) is -0.308. The first-order valence-electron chi connectivity index (χ1n) is 10.1. The summed E-state index contributed by atoms with van der Waals surface area (Å²) in [6.07, 6.45) is 1.65. The first kappa shape index (κ1) is 20.5. The molecule has 0 unspecified atom stereocenters. The molecule has 7 heteroatoms. The highest BCUT2D eigenvalue weighted by atomic mass is 16.2. The van der Waals surface area contributed by atoms with Crippen molar-refractivity contribution >= 4 is 22.5 Å². The summed E-state index contributed by atoms with van der Waals surface area (Å²) in [5.41, 5.74) is 6.49. The van der Waals surface area contributed by atoms with Crippen molar-refractivity contribution < 1.29 is 4.79 Å². The summed E-state index contributed by atoms with van der Waals surface area (Å²) < 4.78 is 2.85. The van der Waals surface area contributed by atoms with E-state index in [0.717, 1.165) is 33.6 Å². The van der Waals surface area contributed by atoms with Crippen LogP contribution >= 0.6 is 0 Å². The van der Waals surface area contributed by atoms with Gasteiger partial charge in [0.05, 0.1) is 17.6 Å². The topological polar surface area (TPSA) is 81.8 Å². The van der Waals surface area contributed by atoms with Crippen LogP contribution in [-0.4, -0.2) is 25.5 Å². The number of nitrogens with one attached hydrogen (secondary N) is 1. The fourth-order valence-corrected chi connectivity index (χ4v) is 3.83. The maximum atomic E-state index is 13.3. The lowest BCUT2D eigenvalue weighted by Gasteiger charge is -2.12. The van der Waals surface area contributed by atoms with Crippen molar-refractivity contribution in [2.45, 2.75) is 41.2 Å². The van der Waals surface area contributed by atoms with Gasteiger partial charge in [-0.05, 0) is 57.9 Å². The van der Waals surface area contributed by atoms with Crippen LogP contribution in [0.1, 0.15) is 27.9 Å². The second kappa shape index (κ2) is 7.83. The number of rotatable bonds is 4. The molecule has 2 aromatic carbocycles. The summed E-state index contributed by atoms with van der Waals surface area (Å²) in [6, 6.07) is 11.8. The summed E-state index contributed by atoms with van der Waals surface area (Å²) in [5, 5.41) is 12.4. The quantitative estimate of drug-likeness (QED) is 0.550. The molecular weight excluding hydrogens is 390 g/mol. The zero-order valence-corrected chi connectivity index (χ0v) is 18.4. The minimum Gasteiger partial charge on any atom is -0.324 e. The third-order valence-corrected chi connectivity index (χ3v) is 5.40. The molecule has 1 N–H and O–H groups in total. The van der Waals surface area contributed by atoms with E-state index in [1.807, 2.05) is 71.0 Å². The van der Waals surface area contributed by atoms with E-state index in [1.165, 1.54) is 4.68 Å². The Morgan fingerprint density at radius 1 is 0.968 bits per heavy atom. The number of hydrogen-bond acceptors (Lipinski definition) is 4. The molecule has 2 aromatic heterocycles. The molecule has 2 heterocycles. The molecule has 0 atom stereocenters. The number of aromatic nitrogens is 4. The van der Waals surface area contributed by atoms with E-state index in [0.29, 0.717) is 16.6 Å². The minimum atomic E-state index is -0.353. The molecule has 1 amide bonds. The smallest absolute Gasteiger partial charge is 0.293 e. The van der Waals surface area contributed by atoms with Gasteiger partial charge in [0.1, 0.15) is 12.1 Å². The second-order valence-corrected chi connectivity index (χ2v) is 8.02. The molecule has 0 fully saturated rings. The Labute approximate surface area is 180 Å². The van der Waals surface area contributed by atoms with Crippen LogP contribution in [0.5, 0.6) is 0 Å². The number of carbonyl (C=O) groups is 1. The predicted molar refractivity (Wildman–Crippen MR) is 122 cm³/mol. The van der Waals surface area contributed by atoms with Crippen LogP contribution in [0.15, 0.2) is 47.4 Å². The first-order valence-corrected chi connectivity index (χ1v) is 10.1. The van der Waals surface area contributed by atoms with Gasteiger partial charge < -0.3 is 5.32 Å². The van der Waals surface area contributed by atoms with Crippen molar-refractivity contribution in [3.05, 3.63) is 80.9 Å². The van der Waals surface area contributed by atoms with E-state index >= 15 is 0 Å². The lowest BCUT2D eigenvalue weighted by molar-refractivity contribution is -0.117. The van der Waals surface area contributed by atoms with Gasteiger partial charge in [-0.3, -0.25) is 9.59 Å². The van der Waals surface area contributed by atoms with Gasteiger partial charge in [-0.25, -0.2) is 9.36 Å². The number of benzene rings is 2. The zero-order valence-electron chi connectivity index (χ0n) is 18.4. The number of anilines is 1. The fraction of sp³-hybridized carbons (Fsp3) is 0.250. The Kier molecular flexibility index (Phi) is 5.19. The second-order valence-electron chi connectivity index (χ2n) is 8.02. The van der Waals surface area contributed by atoms with Gasteiger partial charge in [-0.2, -0.15) is 10.2 Å². The standard InChI is InChI=1S/C24H25N5O2/c1-14-6-8-20(16(3)10-14)26-22(30)13-28-24(31)23-19(18(5)27-28)12-25-29(23)21-9-7-15(2)11-17(21)4/h6-12H,13H2,1-5H3,(H,26,30). The van der Waals surface area contributed by atoms with E-state index in [4.69, 9.17) is 0 Å². The van der Waals surface area contributed by atoms with Crippen molar-refractivity contribution in [2.24, 2.45) is 0 Å². The average molecular weight is 415 g/mol. The van der Waals surface area contributed by atoms with E-state index < -0.39 is 0 Å². The SMILES string of the molecule is Cc1ccc(NC(=O)Cn2nc(C)c3cnn(-c4ccc(C)cc4C)c3c2=O)c(C)c1.